The zero-order chi connectivity index (χ0) is 12.1. The highest BCUT2D eigenvalue weighted by atomic mass is 32.2. The number of benzene rings is 1. The fraction of sp³-hybridized carbons (Fsp3) is 0.571. The van der Waals surface area contributed by atoms with Gasteiger partial charge in [-0.25, -0.2) is 0 Å². The molecule has 94 valence electrons. The summed E-state index contributed by atoms with van der Waals surface area (Å²) in [4.78, 5) is 4.00. The second-order valence-electron chi connectivity index (χ2n) is 4.66. The van der Waals surface area contributed by atoms with Gasteiger partial charge >= 0.3 is 0 Å². The molecule has 2 rings (SSSR count). The molecule has 1 aromatic carbocycles. The summed E-state index contributed by atoms with van der Waals surface area (Å²) in [6.45, 7) is 8.03. The maximum atomic E-state index is 3.40. The first-order valence-corrected chi connectivity index (χ1v) is 7.58. The van der Waals surface area contributed by atoms with Gasteiger partial charge in [-0.15, -0.1) is 11.8 Å². The summed E-state index contributed by atoms with van der Waals surface area (Å²) in [7, 11) is 0. The van der Waals surface area contributed by atoms with Crippen molar-refractivity contribution in [2.24, 2.45) is 0 Å². The lowest BCUT2D eigenvalue weighted by molar-refractivity contribution is 0.243. The summed E-state index contributed by atoms with van der Waals surface area (Å²) in [6.07, 6.45) is 3.35. The van der Waals surface area contributed by atoms with Crippen LogP contribution >= 0.6 is 11.8 Å². The molecule has 0 aromatic heterocycles. The number of nitrogens with one attached hydrogen (secondary N) is 1. The second kappa shape index (κ2) is 6.43. The lowest BCUT2D eigenvalue weighted by Gasteiger charge is -2.27. The van der Waals surface area contributed by atoms with Crippen LogP contribution < -0.4 is 5.32 Å². The van der Waals surface area contributed by atoms with E-state index in [1.54, 1.807) is 0 Å². The van der Waals surface area contributed by atoms with Gasteiger partial charge in [0.15, 0.2) is 0 Å². The molecule has 17 heavy (non-hydrogen) atoms. The molecule has 0 spiro atoms. The van der Waals surface area contributed by atoms with Crippen molar-refractivity contribution >= 4 is 11.8 Å². The molecular formula is C14H22N2S. The fourth-order valence-corrected chi connectivity index (χ4v) is 3.01. The largest absolute Gasteiger partial charge is 0.314 e. The molecule has 1 aromatic rings. The first-order valence-electron chi connectivity index (χ1n) is 6.36. The lowest BCUT2D eigenvalue weighted by Crippen LogP contribution is -2.44. The molecule has 1 heterocycles. The molecule has 1 aliphatic heterocycles. The Morgan fingerprint density at radius 3 is 2.76 bits per heavy atom. The van der Waals surface area contributed by atoms with Crippen molar-refractivity contribution in [3.05, 3.63) is 29.3 Å². The number of nitrogens with zero attached hydrogens (tertiary/aromatic N) is 1. The van der Waals surface area contributed by atoms with E-state index in [2.05, 4.69) is 41.6 Å². The van der Waals surface area contributed by atoms with Crippen LogP contribution in [0.1, 0.15) is 11.1 Å². The maximum absolute atomic E-state index is 3.40. The lowest BCUT2D eigenvalue weighted by atomic mass is 10.1. The number of aryl methyl sites for hydroxylation is 1. The van der Waals surface area contributed by atoms with Crippen LogP contribution in [0.15, 0.2) is 23.1 Å². The maximum Gasteiger partial charge on any atom is 0.0108 e. The topological polar surface area (TPSA) is 15.3 Å². The molecule has 0 unspecified atom stereocenters. The summed E-state index contributed by atoms with van der Waals surface area (Å²) >= 11 is 1.87. The van der Waals surface area contributed by atoms with E-state index in [9.17, 15) is 0 Å². The van der Waals surface area contributed by atoms with E-state index < -0.39 is 0 Å². The van der Waals surface area contributed by atoms with E-state index in [0.29, 0.717) is 0 Å². The van der Waals surface area contributed by atoms with Crippen LogP contribution in [0.3, 0.4) is 0 Å². The fourth-order valence-electron chi connectivity index (χ4n) is 2.27. The van der Waals surface area contributed by atoms with E-state index in [-0.39, 0.29) is 0 Å². The molecular weight excluding hydrogens is 228 g/mol. The number of hydrogen-bond acceptors (Lipinski definition) is 3. The van der Waals surface area contributed by atoms with Crippen LogP contribution in [-0.4, -0.2) is 43.9 Å². The Morgan fingerprint density at radius 1 is 1.29 bits per heavy atom. The third kappa shape index (κ3) is 3.73. The van der Waals surface area contributed by atoms with Crippen molar-refractivity contribution in [2.75, 3.05) is 39.0 Å². The molecule has 1 aliphatic rings. The third-order valence-corrected chi connectivity index (χ3v) is 4.17. The van der Waals surface area contributed by atoms with Crippen molar-refractivity contribution in [1.29, 1.82) is 0 Å². The van der Waals surface area contributed by atoms with Crippen LogP contribution in [0.4, 0.5) is 0 Å². The first kappa shape index (κ1) is 12.9. The summed E-state index contributed by atoms with van der Waals surface area (Å²) in [5, 5.41) is 3.40. The molecule has 3 heteroatoms. The number of thioether (sulfide) groups is 1. The zero-order valence-corrected chi connectivity index (χ0v) is 11.6. The Bertz CT molecular complexity index is 359. The van der Waals surface area contributed by atoms with Gasteiger partial charge in [0.1, 0.15) is 0 Å². The normalized spacial score (nSPS) is 17.3. The molecule has 0 amide bonds. The zero-order valence-electron chi connectivity index (χ0n) is 10.8. The quantitative estimate of drug-likeness (QED) is 0.825. The van der Waals surface area contributed by atoms with Gasteiger partial charge in [-0.1, -0.05) is 17.7 Å². The van der Waals surface area contributed by atoms with Crippen molar-refractivity contribution in [2.45, 2.75) is 18.2 Å². The summed E-state index contributed by atoms with van der Waals surface area (Å²) in [6, 6.07) is 6.83. The van der Waals surface area contributed by atoms with Crippen LogP contribution in [0.2, 0.25) is 0 Å². The second-order valence-corrected chi connectivity index (χ2v) is 5.51. The van der Waals surface area contributed by atoms with Gasteiger partial charge in [-0.2, -0.15) is 0 Å². The first-order chi connectivity index (χ1) is 8.29. The van der Waals surface area contributed by atoms with Crippen molar-refractivity contribution in [1.82, 2.24) is 10.2 Å². The Labute approximate surface area is 109 Å². The van der Waals surface area contributed by atoms with Crippen molar-refractivity contribution in [3.8, 4) is 0 Å². The van der Waals surface area contributed by atoms with Gasteiger partial charge < -0.3 is 10.2 Å². The monoisotopic (exact) mass is 250 g/mol. The highest BCUT2D eigenvalue weighted by Crippen LogP contribution is 2.22. The summed E-state index contributed by atoms with van der Waals surface area (Å²) in [5.74, 6) is 0. The average Bonchev–Trinajstić information content (AvgIpc) is 2.38. The molecule has 0 bridgehead atoms. The predicted octanol–water partition coefficient (Wildman–Crippen LogP) is 2.16. The average molecular weight is 250 g/mol. The van der Waals surface area contributed by atoms with E-state index in [4.69, 9.17) is 0 Å². The molecule has 0 saturated carbocycles. The third-order valence-electron chi connectivity index (χ3n) is 3.35. The van der Waals surface area contributed by atoms with Crippen LogP contribution in [0, 0.1) is 6.92 Å². The van der Waals surface area contributed by atoms with Crippen LogP contribution in [-0.2, 0) is 6.42 Å². The molecule has 0 aliphatic carbocycles. The highest BCUT2D eigenvalue weighted by molar-refractivity contribution is 7.98. The van der Waals surface area contributed by atoms with E-state index in [1.165, 1.54) is 42.1 Å². The smallest absolute Gasteiger partial charge is 0.0108 e. The summed E-state index contributed by atoms with van der Waals surface area (Å²) in [5.41, 5.74) is 2.86. The van der Waals surface area contributed by atoms with Crippen molar-refractivity contribution in [3.63, 3.8) is 0 Å². The van der Waals surface area contributed by atoms with Gasteiger partial charge in [0.2, 0.25) is 0 Å². The van der Waals surface area contributed by atoms with Gasteiger partial charge in [0.25, 0.3) is 0 Å². The number of rotatable bonds is 4. The highest BCUT2D eigenvalue weighted by Gasteiger charge is 2.10. The minimum absolute atomic E-state index is 1.14. The molecule has 1 fully saturated rings. The Hall–Kier alpha value is -0.510. The molecule has 0 radical (unpaired) electrons. The Kier molecular flexibility index (Phi) is 4.89. The van der Waals surface area contributed by atoms with Crippen LogP contribution in [0.5, 0.6) is 0 Å². The van der Waals surface area contributed by atoms with Gasteiger partial charge in [-0.3, -0.25) is 0 Å². The summed E-state index contributed by atoms with van der Waals surface area (Å²) < 4.78 is 0. The van der Waals surface area contributed by atoms with Gasteiger partial charge in [-0.05, 0) is 31.2 Å². The van der Waals surface area contributed by atoms with Gasteiger partial charge in [0, 0.05) is 37.6 Å². The number of hydrogen-bond donors (Lipinski definition) is 1. The van der Waals surface area contributed by atoms with Crippen molar-refractivity contribution < 1.29 is 0 Å². The standard InChI is InChI=1S/C14H22N2S/c1-12-3-4-13(14(11-12)17-2)5-8-16-9-6-15-7-10-16/h3-4,11,15H,5-10H2,1-2H3. The minimum atomic E-state index is 1.14. The number of piperazine rings is 1. The molecule has 1 N–H and O–H groups in total. The van der Waals surface area contributed by atoms with E-state index >= 15 is 0 Å². The molecule has 0 atom stereocenters. The van der Waals surface area contributed by atoms with E-state index in [1.807, 2.05) is 11.8 Å². The molecule has 1 saturated heterocycles. The molecule has 2 nitrogen and oxygen atoms in total. The Balaban J connectivity index is 1.93. The Morgan fingerprint density at radius 2 is 2.06 bits per heavy atom. The minimum Gasteiger partial charge on any atom is -0.314 e. The van der Waals surface area contributed by atoms with Gasteiger partial charge in [0.05, 0.1) is 0 Å². The van der Waals surface area contributed by atoms with E-state index in [0.717, 1.165) is 13.1 Å². The van der Waals surface area contributed by atoms with Crippen LogP contribution in [0.25, 0.3) is 0 Å². The predicted molar refractivity (Wildman–Crippen MR) is 76.0 cm³/mol. The SMILES string of the molecule is CSc1cc(C)ccc1CCN1CCNCC1.